The van der Waals surface area contributed by atoms with Crippen molar-refractivity contribution in [2.24, 2.45) is 5.73 Å². The van der Waals surface area contributed by atoms with Crippen molar-refractivity contribution in [1.29, 1.82) is 0 Å². The third kappa shape index (κ3) is 6.86. The van der Waals surface area contributed by atoms with Gasteiger partial charge in [0, 0.05) is 19.5 Å². The van der Waals surface area contributed by atoms with Gasteiger partial charge in [0.2, 0.25) is 29.5 Å². The second kappa shape index (κ2) is 11.6. The Morgan fingerprint density at radius 1 is 1.06 bits per heavy atom. The van der Waals surface area contributed by atoms with Crippen LogP contribution in [-0.4, -0.2) is 112 Å². The minimum Gasteiger partial charge on any atom is -0.480 e. The van der Waals surface area contributed by atoms with Crippen LogP contribution in [-0.2, 0) is 28.8 Å². The fraction of sp³-hybridized carbons (Fsp3) is 0.684. The van der Waals surface area contributed by atoms with Crippen molar-refractivity contribution in [2.75, 3.05) is 32.7 Å². The largest absolute Gasteiger partial charge is 0.480 e. The van der Waals surface area contributed by atoms with E-state index >= 15 is 0 Å². The summed E-state index contributed by atoms with van der Waals surface area (Å²) in [5.41, 5.74) is 5.41. The zero-order chi connectivity index (χ0) is 24.7. The maximum absolute atomic E-state index is 13.0. The Kier molecular flexibility index (Phi) is 9.11. The van der Waals surface area contributed by atoms with E-state index in [2.05, 4.69) is 16.0 Å². The van der Waals surface area contributed by atoms with E-state index in [1.807, 2.05) is 0 Å². The highest BCUT2D eigenvalue weighted by Crippen LogP contribution is 2.25. The fourth-order valence-electron chi connectivity index (χ4n) is 3.90. The van der Waals surface area contributed by atoms with Crippen molar-refractivity contribution in [3.05, 3.63) is 0 Å². The van der Waals surface area contributed by atoms with Crippen LogP contribution < -0.4 is 21.7 Å². The molecule has 2 aliphatic heterocycles. The van der Waals surface area contributed by atoms with E-state index in [-0.39, 0.29) is 25.4 Å². The van der Waals surface area contributed by atoms with Gasteiger partial charge in [-0.15, -0.1) is 0 Å². The lowest BCUT2D eigenvalue weighted by atomic mass is 10.1. The summed E-state index contributed by atoms with van der Waals surface area (Å²) in [6.07, 6.45) is 0.0884. The molecular weight excluding hydrogens is 440 g/mol. The average Bonchev–Trinajstić information content (AvgIpc) is 3.41. The molecule has 2 saturated heterocycles. The lowest BCUT2D eigenvalue weighted by Crippen LogP contribution is -2.54. The number of carbonyl (C=O) groups is 6. The summed E-state index contributed by atoms with van der Waals surface area (Å²) in [7, 11) is 0. The molecule has 0 aromatic carbocycles. The molecule has 1 unspecified atom stereocenters. The van der Waals surface area contributed by atoms with Gasteiger partial charge in [-0.3, -0.25) is 28.8 Å². The highest BCUT2D eigenvalue weighted by atomic mass is 16.4. The number of hydrogen-bond donors (Lipinski definition) is 6. The van der Waals surface area contributed by atoms with Crippen LogP contribution in [0.3, 0.4) is 0 Å². The SMILES string of the molecule is C[C@H](NC(=O)CNC(=O)[C@@H]1CC(O)CN1C(=O)[C@@H]1CCCN1C(=O)CN)C(=O)NCC(=O)O. The highest BCUT2D eigenvalue weighted by Gasteiger charge is 2.44. The number of amides is 5. The van der Waals surface area contributed by atoms with Crippen LogP contribution in [0.1, 0.15) is 26.2 Å². The first-order valence-corrected chi connectivity index (χ1v) is 10.6. The van der Waals surface area contributed by atoms with Crippen molar-refractivity contribution in [2.45, 2.75) is 50.4 Å². The van der Waals surface area contributed by atoms with Gasteiger partial charge in [-0.2, -0.15) is 0 Å². The Balaban J connectivity index is 1.91. The van der Waals surface area contributed by atoms with Crippen molar-refractivity contribution in [3.8, 4) is 0 Å². The molecule has 184 valence electrons. The quantitative estimate of drug-likeness (QED) is 0.192. The zero-order valence-electron chi connectivity index (χ0n) is 18.3. The fourth-order valence-corrected chi connectivity index (χ4v) is 3.90. The molecule has 7 N–H and O–H groups in total. The summed E-state index contributed by atoms with van der Waals surface area (Å²) >= 11 is 0. The third-order valence-electron chi connectivity index (χ3n) is 5.51. The summed E-state index contributed by atoms with van der Waals surface area (Å²) in [5, 5.41) is 25.4. The molecule has 0 aliphatic carbocycles. The summed E-state index contributed by atoms with van der Waals surface area (Å²) in [6, 6.07) is -2.81. The van der Waals surface area contributed by atoms with Crippen molar-refractivity contribution in [1.82, 2.24) is 25.8 Å². The number of aliphatic carboxylic acids is 1. The first kappa shape index (κ1) is 26.0. The number of β-amino-alcohol motifs (C(OH)–C–C–N with tert-alkyl or cyclic N) is 1. The number of rotatable bonds is 9. The number of nitrogens with one attached hydrogen (secondary N) is 3. The Morgan fingerprint density at radius 2 is 1.76 bits per heavy atom. The zero-order valence-corrected chi connectivity index (χ0v) is 18.3. The maximum Gasteiger partial charge on any atom is 0.322 e. The number of aliphatic hydroxyl groups excluding tert-OH is 1. The number of nitrogens with zero attached hydrogens (tertiary/aromatic N) is 2. The van der Waals surface area contributed by atoms with E-state index in [0.29, 0.717) is 19.4 Å². The van der Waals surface area contributed by atoms with E-state index in [1.54, 1.807) is 0 Å². The topological polar surface area (TPSA) is 211 Å². The minimum atomic E-state index is -1.24. The maximum atomic E-state index is 13.0. The van der Waals surface area contributed by atoms with E-state index in [4.69, 9.17) is 10.8 Å². The Bertz CT molecular complexity index is 805. The highest BCUT2D eigenvalue weighted by molar-refractivity contribution is 5.95. The van der Waals surface area contributed by atoms with Crippen LogP contribution in [0.4, 0.5) is 0 Å². The smallest absolute Gasteiger partial charge is 0.322 e. The Hall–Kier alpha value is -3.26. The van der Waals surface area contributed by atoms with Gasteiger partial charge in [0.15, 0.2) is 0 Å². The summed E-state index contributed by atoms with van der Waals surface area (Å²) in [4.78, 5) is 74.6. The van der Waals surface area contributed by atoms with E-state index in [0.717, 1.165) is 0 Å². The number of hydrogen-bond acceptors (Lipinski definition) is 8. The Morgan fingerprint density at radius 3 is 2.39 bits per heavy atom. The lowest BCUT2D eigenvalue weighted by molar-refractivity contribution is -0.146. The van der Waals surface area contributed by atoms with Crippen LogP contribution in [0.2, 0.25) is 0 Å². The van der Waals surface area contributed by atoms with E-state index in [1.165, 1.54) is 16.7 Å². The molecule has 0 aromatic rings. The molecule has 0 saturated carbocycles. The van der Waals surface area contributed by atoms with Gasteiger partial charge >= 0.3 is 5.97 Å². The number of aliphatic hydroxyl groups is 1. The first-order chi connectivity index (χ1) is 15.5. The molecule has 2 fully saturated rings. The van der Waals surface area contributed by atoms with Gasteiger partial charge in [0.1, 0.15) is 24.7 Å². The van der Waals surface area contributed by atoms with Crippen LogP contribution in [0.15, 0.2) is 0 Å². The molecule has 0 bridgehead atoms. The predicted octanol–water partition coefficient (Wildman–Crippen LogP) is -4.28. The molecule has 0 aromatic heterocycles. The van der Waals surface area contributed by atoms with Crippen LogP contribution in [0, 0.1) is 0 Å². The number of likely N-dealkylation sites (tertiary alicyclic amines) is 2. The molecule has 2 aliphatic rings. The lowest BCUT2D eigenvalue weighted by Gasteiger charge is -2.30. The third-order valence-corrected chi connectivity index (χ3v) is 5.51. The van der Waals surface area contributed by atoms with Crippen molar-refractivity contribution in [3.63, 3.8) is 0 Å². The average molecular weight is 470 g/mol. The minimum absolute atomic E-state index is 0.0231. The molecule has 5 amide bonds. The Labute approximate surface area is 189 Å². The van der Waals surface area contributed by atoms with Crippen LogP contribution >= 0.6 is 0 Å². The van der Waals surface area contributed by atoms with Gasteiger partial charge in [-0.25, -0.2) is 0 Å². The number of carboxylic acids is 1. The summed E-state index contributed by atoms with van der Waals surface area (Å²) < 4.78 is 0. The van der Waals surface area contributed by atoms with Crippen LogP contribution in [0.25, 0.3) is 0 Å². The van der Waals surface area contributed by atoms with E-state index < -0.39 is 66.9 Å². The first-order valence-electron chi connectivity index (χ1n) is 10.6. The molecule has 0 spiro atoms. The normalized spacial score (nSPS) is 23.1. The molecule has 2 heterocycles. The molecule has 2 rings (SSSR count). The van der Waals surface area contributed by atoms with Crippen molar-refractivity contribution < 1.29 is 39.0 Å². The summed E-state index contributed by atoms with van der Waals surface area (Å²) in [6.45, 7) is 0.326. The monoisotopic (exact) mass is 470 g/mol. The number of carbonyl (C=O) groups excluding carboxylic acids is 5. The van der Waals surface area contributed by atoms with Crippen LogP contribution in [0.5, 0.6) is 0 Å². The van der Waals surface area contributed by atoms with Gasteiger partial charge in [-0.05, 0) is 19.8 Å². The van der Waals surface area contributed by atoms with E-state index in [9.17, 15) is 33.9 Å². The standard InChI is InChI=1S/C19H30N6O8/c1-10(17(31)22-8-16(29)30)23-14(27)7-21-18(32)13-5-11(26)9-25(13)19(33)12-3-2-4-24(12)15(28)6-20/h10-13,26H,2-9,20H2,1H3,(H,21,32)(H,22,31)(H,23,27)(H,29,30)/t10-,11?,12-,13-/m0/s1. The second-order valence-corrected chi connectivity index (χ2v) is 7.96. The van der Waals surface area contributed by atoms with Gasteiger partial charge in [0.05, 0.1) is 19.2 Å². The molecule has 14 heteroatoms. The molecule has 4 atom stereocenters. The van der Waals surface area contributed by atoms with Gasteiger partial charge in [-0.1, -0.05) is 0 Å². The molecule has 14 nitrogen and oxygen atoms in total. The van der Waals surface area contributed by atoms with Gasteiger partial charge in [0.25, 0.3) is 0 Å². The predicted molar refractivity (Wildman–Crippen MR) is 111 cm³/mol. The molecule has 33 heavy (non-hydrogen) atoms. The number of carboxylic acid groups (broad SMARTS) is 1. The number of nitrogens with two attached hydrogens (primary N) is 1. The summed E-state index contributed by atoms with van der Waals surface area (Å²) in [5.74, 6) is -4.13. The molecular formula is C19H30N6O8. The molecule has 0 radical (unpaired) electrons. The second-order valence-electron chi connectivity index (χ2n) is 7.96. The van der Waals surface area contributed by atoms with Gasteiger partial charge < -0.3 is 41.7 Å². The van der Waals surface area contributed by atoms with Crippen molar-refractivity contribution >= 4 is 35.5 Å².